The van der Waals surface area contributed by atoms with Crippen LogP contribution in [0.5, 0.6) is 0 Å². The fourth-order valence-electron chi connectivity index (χ4n) is 1.88. The van der Waals surface area contributed by atoms with E-state index in [2.05, 4.69) is 10.6 Å². The number of benzene rings is 1. The third-order valence-corrected chi connectivity index (χ3v) is 2.99. The first-order valence-corrected chi connectivity index (χ1v) is 6.40. The summed E-state index contributed by atoms with van der Waals surface area (Å²) in [5, 5.41) is 6.10. The average molecular weight is 250 g/mol. The molecule has 0 spiro atoms. The Morgan fingerprint density at radius 3 is 2.67 bits per heavy atom. The molecule has 1 saturated carbocycles. The lowest BCUT2D eigenvalue weighted by molar-refractivity contribution is -0.120. The molecule has 1 amide bonds. The number of hydrogen-bond donors (Lipinski definition) is 2. The molecular formula is C14H19FN2O. The van der Waals surface area contributed by atoms with E-state index in [-0.39, 0.29) is 17.8 Å². The Morgan fingerprint density at radius 2 is 2.06 bits per heavy atom. The van der Waals surface area contributed by atoms with Crippen LogP contribution in [0.4, 0.5) is 4.39 Å². The fraction of sp³-hybridized carbons (Fsp3) is 0.500. The highest BCUT2D eigenvalue weighted by Gasteiger charge is 2.21. The van der Waals surface area contributed by atoms with Crippen LogP contribution >= 0.6 is 0 Å². The third-order valence-electron chi connectivity index (χ3n) is 2.99. The van der Waals surface area contributed by atoms with Gasteiger partial charge >= 0.3 is 0 Å². The Bertz CT molecular complexity index is 401. The first kappa shape index (κ1) is 13.0. The second-order valence-corrected chi connectivity index (χ2v) is 4.95. The highest BCUT2D eigenvalue weighted by atomic mass is 19.1. The maximum absolute atomic E-state index is 12.7. The summed E-state index contributed by atoms with van der Waals surface area (Å²) >= 11 is 0. The van der Waals surface area contributed by atoms with Crippen molar-refractivity contribution in [2.45, 2.75) is 38.3 Å². The summed E-state index contributed by atoms with van der Waals surface area (Å²) in [6, 6.07) is 6.99. The second kappa shape index (κ2) is 5.96. The van der Waals surface area contributed by atoms with Crippen molar-refractivity contribution < 1.29 is 9.18 Å². The van der Waals surface area contributed by atoms with E-state index in [1.165, 1.54) is 25.0 Å². The van der Waals surface area contributed by atoms with E-state index in [1.807, 2.05) is 6.92 Å². The first-order chi connectivity index (χ1) is 8.63. The van der Waals surface area contributed by atoms with Crippen LogP contribution in [0.1, 0.15) is 25.3 Å². The van der Waals surface area contributed by atoms with Gasteiger partial charge in [0.15, 0.2) is 0 Å². The van der Waals surface area contributed by atoms with Gasteiger partial charge in [0.1, 0.15) is 5.82 Å². The van der Waals surface area contributed by atoms with Crippen molar-refractivity contribution in [3.05, 3.63) is 35.6 Å². The molecule has 0 saturated heterocycles. The highest BCUT2D eigenvalue weighted by Crippen LogP contribution is 2.17. The molecule has 1 aliphatic rings. The Labute approximate surface area is 107 Å². The predicted octanol–water partition coefficient (Wildman–Crippen LogP) is 1.62. The third kappa shape index (κ3) is 4.45. The van der Waals surface area contributed by atoms with E-state index >= 15 is 0 Å². The number of carbonyl (C=O) groups is 1. The Morgan fingerprint density at radius 1 is 1.39 bits per heavy atom. The molecule has 1 unspecified atom stereocenters. The second-order valence-electron chi connectivity index (χ2n) is 4.95. The van der Waals surface area contributed by atoms with Crippen molar-refractivity contribution in [2.75, 3.05) is 6.54 Å². The molecule has 1 atom stereocenters. The number of nitrogens with one attached hydrogen (secondary N) is 2. The Hall–Kier alpha value is -1.42. The van der Waals surface area contributed by atoms with Crippen LogP contribution in [0.25, 0.3) is 0 Å². The van der Waals surface area contributed by atoms with E-state index < -0.39 is 0 Å². The van der Waals surface area contributed by atoms with Gasteiger partial charge in [-0.3, -0.25) is 4.79 Å². The van der Waals surface area contributed by atoms with Crippen LogP contribution in [0.2, 0.25) is 0 Å². The smallest absolute Gasteiger partial charge is 0.234 e. The quantitative estimate of drug-likeness (QED) is 0.805. The van der Waals surface area contributed by atoms with Crippen LogP contribution in [-0.2, 0) is 11.2 Å². The van der Waals surface area contributed by atoms with Gasteiger partial charge in [-0.15, -0.1) is 0 Å². The molecule has 4 heteroatoms. The van der Waals surface area contributed by atoms with Gasteiger partial charge in [0.2, 0.25) is 5.91 Å². The zero-order chi connectivity index (χ0) is 13.0. The molecule has 0 bridgehead atoms. The van der Waals surface area contributed by atoms with E-state index in [0.717, 1.165) is 12.0 Å². The minimum absolute atomic E-state index is 0.0245. The monoisotopic (exact) mass is 250 g/mol. The Kier molecular flexibility index (Phi) is 4.31. The van der Waals surface area contributed by atoms with Gasteiger partial charge in [-0.1, -0.05) is 12.1 Å². The number of rotatable bonds is 6. The van der Waals surface area contributed by atoms with Crippen molar-refractivity contribution in [1.82, 2.24) is 10.6 Å². The number of amides is 1. The van der Waals surface area contributed by atoms with Crippen LogP contribution in [0.15, 0.2) is 24.3 Å². The van der Waals surface area contributed by atoms with Crippen molar-refractivity contribution in [3.63, 3.8) is 0 Å². The molecule has 0 aromatic heterocycles. The van der Waals surface area contributed by atoms with Gasteiger partial charge in [0.25, 0.3) is 0 Å². The molecule has 0 aliphatic heterocycles. The summed E-state index contributed by atoms with van der Waals surface area (Å²) in [5.74, 6) is -0.208. The van der Waals surface area contributed by atoms with Crippen molar-refractivity contribution in [2.24, 2.45) is 0 Å². The standard InChI is InChI=1S/C14H19FN2O/c1-10(8-11-2-4-12(15)5-3-11)17-14(18)9-16-13-6-7-13/h2-5,10,13,16H,6-9H2,1H3,(H,17,18). The van der Waals surface area contributed by atoms with Gasteiger partial charge in [0.05, 0.1) is 6.54 Å². The molecule has 2 N–H and O–H groups in total. The molecule has 0 heterocycles. The lowest BCUT2D eigenvalue weighted by Gasteiger charge is -2.14. The van der Waals surface area contributed by atoms with Gasteiger partial charge < -0.3 is 10.6 Å². The van der Waals surface area contributed by atoms with Gasteiger partial charge in [-0.2, -0.15) is 0 Å². The first-order valence-electron chi connectivity index (χ1n) is 6.40. The summed E-state index contributed by atoms with van der Waals surface area (Å²) in [7, 11) is 0. The fourth-order valence-corrected chi connectivity index (χ4v) is 1.88. The van der Waals surface area contributed by atoms with Crippen LogP contribution in [0.3, 0.4) is 0 Å². The van der Waals surface area contributed by atoms with E-state index in [4.69, 9.17) is 0 Å². The minimum Gasteiger partial charge on any atom is -0.352 e. The van der Waals surface area contributed by atoms with E-state index in [9.17, 15) is 9.18 Å². The van der Waals surface area contributed by atoms with E-state index in [0.29, 0.717) is 12.6 Å². The van der Waals surface area contributed by atoms with Crippen LogP contribution in [-0.4, -0.2) is 24.5 Å². The minimum atomic E-state index is -0.232. The average Bonchev–Trinajstić information content (AvgIpc) is 3.13. The molecule has 1 aromatic rings. The molecule has 1 aliphatic carbocycles. The molecule has 2 rings (SSSR count). The van der Waals surface area contributed by atoms with Gasteiger partial charge in [-0.25, -0.2) is 4.39 Å². The van der Waals surface area contributed by atoms with Crippen molar-refractivity contribution in [1.29, 1.82) is 0 Å². The normalized spacial score (nSPS) is 16.3. The molecular weight excluding hydrogens is 231 g/mol. The van der Waals surface area contributed by atoms with E-state index in [1.54, 1.807) is 12.1 Å². The summed E-state index contributed by atoms with van der Waals surface area (Å²) < 4.78 is 12.7. The topological polar surface area (TPSA) is 41.1 Å². The lowest BCUT2D eigenvalue weighted by atomic mass is 10.1. The molecule has 98 valence electrons. The highest BCUT2D eigenvalue weighted by molar-refractivity contribution is 5.78. The largest absolute Gasteiger partial charge is 0.352 e. The molecule has 18 heavy (non-hydrogen) atoms. The molecule has 3 nitrogen and oxygen atoms in total. The van der Waals surface area contributed by atoms with Crippen LogP contribution < -0.4 is 10.6 Å². The van der Waals surface area contributed by atoms with Gasteiger partial charge in [-0.05, 0) is 43.9 Å². The van der Waals surface area contributed by atoms with Crippen molar-refractivity contribution in [3.8, 4) is 0 Å². The zero-order valence-corrected chi connectivity index (χ0v) is 10.6. The SMILES string of the molecule is CC(Cc1ccc(F)cc1)NC(=O)CNC1CC1. The summed E-state index contributed by atoms with van der Waals surface area (Å²) in [5.41, 5.74) is 1.03. The maximum atomic E-state index is 12.7. The summed E-state index contributed by atoms with van der Waals surface area (Å²) in [6.07, 6.45) is 3.08. The number of hydrogen-bond acceptors (Lipinski definition) is 2. The van der Waals surface area contributed by atoms with Crippen molar-refractivity contribution >= 4 is 5.91 Å². The maximum Gasteiger partial charge on any atom is 0.234 e. The number of carbonyl (C=O) groups excluding carboxylic acids is 1. The Balaban J connectivity index is 1.71. The summed E-state index contributed by atoms with van der Waals surface area (Å²) in [4.78, 5) is 11.6. The molecule has 1 fully saturated rings. The van der Waals surface area contributed by atoms with Crippen LogP contribution in [0, 0.1) is 5.82 Å². The molecule has 1 aromatic carbocycles. The van der Waals surface area contributed by atoms with Gasteiger partial charge in [0, 0.05) is 12.1 Å². The summed E-state index contributed by atoms with van der Waals surface area (Å²) in [6.45, 7) is 2.34. The zero-order valence-electron chi connectivity index (χ0n) is 10.6. The molecule has 0 radical (unpaired) electrons. The predicted molar refractivity (Wildman–Crippen MR) is 68.7 cm³/mol. The number of halogens is 1. The lowest BCUT2D eigenvalue weighted by Crippen LogP contribution is -2.40.